The largest absolute Gasteiger partial charge is 0.384 e. The summed E-state index contributed by atoms with van der Waals surface area (Å²) in [6, 6.07) is 3.39. The van der Waals surface area contributed by atoms with Crippen LogP contribution in [-0.2, 0) is 20.0 Å². The van der Waals surface area contributed by atoms with E-state index in [-0.39, 0.29) is 5.91 Å². The molecule has 0 aliphatic carbocycles. The Kier molecular flexibility index (Phi) is 4.02. The number of aromatic nitrogens is 3. The van der Waals surface area contributed by atoms with Crippen LogP contribution < -0.4 is 5.73 Å². The molecule has 2 heterocycles. The molecule has 2 rings (SSSR count). The highest BCUT2D eigenvalue weighted by molar-refractivity contribution is 5.94. The maximum Gasteiger partial charge on any atom is 0.254 e. The summed E-state index contributed by atoms with van der Waals surface area (Å²) in [7, 11) is 3.65. The Morgan fingerprint density at radius 1 is 1.45 bits per heavy atom. The average Bonchev–Trinajstić information content (AvgIpc) is 2.82. The first-order chi connectivity index (χ1) is 9.51. The van der Waals surface area contributed by atoms with Crippen molar-refractivity contribution in [2.24, 2.45) is 7.05 Å². The molecule has 0 radical (unpaired) electrons. The fourth-order valence-electron chi connectivity index (χ4n) is 1.97. The first-order valence-electron chi connectivity index (χ1n) is 6.49. The first kappa shape index (κ1) is 14.0. The fourth-order valence-corrected chi connectivity index (χ4v) is 1.97. The smallest absolute Gasteiger partial charge is 0.254 e. The Labute approximate surface area is 118 Å². The van der Waals surface area contributed by atoms with Gasteiger partial charge in [0.1, 0.15) is 11.6 Å². The van der Waals surface area contributed by atoms with E-state index in [0.717, 1.165) is 17.9 Å². The van der Waals surface area contributed by atoms with Crippen LogP contribution in [0.3, 0.4) is 0 Å². The van der Waals surface area contributed by atoms with Crippen LogP contribution in [0.2, 0.25) is 0 Å². The van der Waals surface area contributed by atoms with Gasteiger partial charge in [-0.1, -0.05) is 6.92 Å². The fraction of sp³-hybridized carbons (Fsp3) is 0.357. The number of nitrogens with two attached hydrogens (primary N) is 1. The summed E-state index contributed by atoms with van der Waals surface area (Å²) in [5.74, 6) is 1.12. The molecular formula is C14H19N5O. The predicted molar refractivity (Wildman–Crippen MR) is 77.0 cm³/mol. The van der Waals surface area contributed by atoms with E-state index < -0.39 is 0 Å². The predicted octanol–water partition coefficient (Wildman–Crippen LogP) is 1.23. The molecule has 1 amide bonds. The molecule has 2 N–H and O–H groups in total. The standard InChI is InChI=1S/C14H19N5O/c1-4-11-7-10(8-12(15)17-11)14(20)19(3)9-13-16-5-6-18(13)2/h5-8H,4,9H2,1-3H3,(H2,15,17). The first-order valence-corrected chi connectivity index (χ1v) is 6.49. The van der Waals surface area contributed by atoms with Gasteiger partial charge in [-0.2, -0.15) is 0 Å². The SMILES string of the molecule is CCc1cc(C(=O)N(C)Cc2nccn2C)cc(N)n1. The van der Waals surface area contributed by atoms with Gasteiger partial charge in [-0.05, 0) is 18.6 Å². The molecule has 106 valence electrons. The number of amides is 1. The van der Waals surface area contributed by atoms with Gasteiger partial charge in [-0.25, -0.2) is 9.97 Å². The number of nitrogen functional groups attached to an aromatic ring is 1. The highest BCUT2D eigenvalue weighted by Crippen LogP contribution is 2.12. The third-order valence-electron chi connectivity index (χ3n) is 3.15. The van der Waals surface area contributed by atoms with Gasteiger partial charge in [-0.15, -0.1) is 0 Å². The Morgan fingerprint density at radius 3 is 2.80 bits per heavy atom. The molecule has 0 saturated carbocycles. The summed E-state index contributed by atoms with van der Waals surface area (Å²) >= 11 is 0. The topological polar surface area (TPSA) is 77.0 Å². The second-order valence-corrected chi connectivity index (χ2v) is 4.74. The van der Waals surface area contributed by atoms with E-state index in [2.05, 4.69) is 9.97 Å². The molecule has 0 bridgehead atoms. The molecule has 0 saturated heterocycles. The summed E-state index contributed by atoms with van der Waals surface area (Å²) in [6.07, 6.45) is 4.31. The molecular weight excluding hydrogens is 254 g/mol. The van der Waals surface area contributed by atoms with Crippen LogP contribution in [0.4, 0.5) is 5.82 Å². The van der Waals surface area contributed by atoms with Crippen LogP contribution in [-0.4, -0.2) is 32.4 Å². The maximum atomic E-state index is 12.4. The lowest BCUT2D eigenvalue weighted by Crippen LogP contribution is -2.27. The van der Waals surface area contributed by atoms with Crippen molar-refractivity contribution in [3.63, 3.8) is 0 Å². The molecule has 0 aromatic carbocycles. The van der Waals surface area contributed by atoms with Crippen molar-refractivity contribution in [3.05, 3.63) is 41.6 Å². The highest BCUT2D eigenvalue weighted by atomic mass is 16.2. The second kappa shape index (κ2) is 5.73. The lowest BCUT2D eigenvalue weighted by molar-refractivity contribution is 0.0780. The summed E-state index contributed by atoms with van der Waals surface area (Å²) < 4.78 is 1.89. The van der Waals surface area contributed by atoms with E-state index in [0.29, 0.717) is 17.9 Å². The maximum absolute atomic E-state index is 12.4. The average molecular weight is 273 g/mol. The molecule has 0 aliphatic rings. The molecule has 0 unspecified atom stereocenters. The Balaban J connectivity index is 2.18. The quantitative estimate of drug-likeness (QED) is 0.909. The monoisotopic (exact) mass is 273 g/mol. The number of rotatable bonds is 4. The van der Waals surface area contributed by atoms with E-state index in [1.807, 2.05) is 24.7 Å². The zero-order chi connectivity index (χ0) is 14.7. The van der Waals surface area contributed by atoms with Crippen molar-refractivity contribution in [3.8, 4) is 0 Å². The van der Waals surface area contributed by atoms with Gasteiger partial charge in [0, 0.05) is 37.7 Å². The van der Waals surface area contributed by atoms with E-state index in [1.165, 1.54) is 0 Å². The molecule has 0 fully saturated rings. The van der Waals surface area contributed by atoms with Gasteiger partial charge in [0.05, 0.1) is 6.54 Å². The number of nitrogens with zero attached hydrogens (tertiary/aromatic N) is 4. The van der Waals surface area contributed by atoms with Gasteiger partial charge in [-0.3, -0.25) is 4.79 Å². The Morgan fingerprint density at radius 2 is 2.20 bits per heavy atom. The highest BCUT2D eigenvalue weighted by Gasteiger charge is 2.15. The van der Waals surface area contributed by atoms with Crippen molar-refractivity contribution in [2.75, 3.05) is 12.8 Å². The van der Waals surface area contributed by atoms with Crippen LogP contribution in [0.5, 0.6) is 0 Å². The van der Waals surface area contributed by atoms with Crippen LogP contribution in [0, 0.1) is 0 Å². The van der Waals surface area contributed by atoms with Crippen LogP contribution in [0.15, 0.2) is 24.5 Å². The Hall–Kier alpha value is -2.37. The third kappa shape index (κ3) is 2.96. The van der Waals surface area contributed by atoms with Crippen LogP contribution in [0.1, 0.15) is 28.8 Å². The minimum Gasteiger partial charge on any atom is -0.384 e. The third-order valence-corrected chi connectivity index (χ3v) is 3.15. The normalized spacial score (nSPS) is 10.6. The second-order valence-electron chi connectivity index (χ2n) is 4.74. The number of aryl methyl sites for hydroxylation is 2. The number of carbonyl (C=O) groups excluding carboxylic acids is 1. The minimum absolute atomic E-state index is 0.0863. The molecule has 0 spiro atoms. The van der Waals surface area contributed by atoms with Gasteiger partial charge >= 0.3 is 0 Å². The van der Waals surface area contributed by atoms with Gasteiger partial charge in [0.25, 0.3) is 5.91 Å². The summed E-state index contributed by atoms with van der Waals surface area (Å²) in [5, 5.41) is 0. The number of hydrogen-bond acceptors (Lipinski definition) is 4. The van der Waals surface area contributed by atoms with Gasteiger partial charge < -0.3 is 15.2 Å². The van der Waals surface area contributed by atoms with E-state index in [4.69, 9.17) is 5.73 Å². The van der Waals surface area contributed by atoms with Crippen molar-refractivity contribution in [1.82, 2.24) is 19.4 Å². The zero-order valence-corrected chi connectivity index (χ0v) is 12.0. The Bertz CT molecular complexity index is 620. The van der Waals surface area contributed by atoms with Crippen LogP contribution >= 0.6 is 0 Å². The molecule has 2 aromatic rings. The molecule has 2 aromatic heterocycles. The molecule has 0 atom stereocenters. The number of pyridine rings is 1. The lowest BCUT2D eigenvalue weighted by Gasteiger charge is -2.17. The summed E-state index contributed by atoms with van der Waals surface area (Å²) in [6.45, 7) is 2.43. The number of carbonyl (C=O) groups is 1. The zero-order valence-electron chi connectivity index (χ0n) is 12.0. The van der Waals surface area contributed by atoms with Crippen molar-refractivity contribution >= 4 is 11.7 Å². The van der Waals surface area contributed by atoms with Crippen molar-refractivity contribution in [2.45, 2.75) is 19.9 Å². The van der Waals surface area contributed by atoms with E-state index >= 15 is 0 Å². The van der Waals surface area contributed by atoms with Gasteiger partial charge in [0.2, 0.25) is 0 Å². The molecule has 20 heavy (non-hydrogen) atoms. The van der Waals surface area contributed by atoms with Crippen molar-refractivity contribution < 1.29 is 4.79 Å². The lowest BCUT2D eigenvalue weighted by atomic mass is 10.1. The number of hydrogen-bond donors (Lipinski definition) is 1. The molecule has 6 nitrogen and oxygen atoms in total. The summed E-state index contributed by atoms with van der Waals surface area (Å²) in [4.78, 5) is 22.4. The molecule has 6 heteroatoms. The summed E-state index contributed by atoms with van der Waals surface area (Å²) in [5.41, 5.74) is 7.11. The van der Waals surface area contributed by atoms with Gasteiger partial charge in [0.15, 0.2) is 0 Å². The number of imidazole rings is 1. The minimum atomic E-state index is -0.0863. The van der Waals surface area contributed by atoms with E-state index in [9.17, 15) is 4.79 Å². The van der Waals surface area contributed by atoms with E-state index in [1.54, 1.807) is 30.3 Å². The van der Waals surface area contributed by atoms with Crippen LogP contribution in [0.25, 0.3) is 0 Å². The molecule has 0 aliphatic heterocycles. The van der Waals surface area contributed by atoms with Crippen molar-refractivity contribution in [1.29, 1.82) is 0 Å². The number of anilines is 1.